The number of hydrogen-bond acceptors (Lipinski definition) is 2. The van der Waals surface area contributed by atoms with Gasteiger partial charge in [0.25, 0.3) is 0 Å². The molecule has 3 nitrogen and oxygen atoms in total. The van der Waals surface area contributed by atoms with Crippen molar-refractivity contribution in [3.8, 4) is 0 Å². The van der Waals surface area contributed by atoms with Gasteiger partial charge in [-0.3, -0.25) is 4.79 Å². The van der Waals surface area contributed by atoms with Crippen molar-refractivity contribution in [3.63, 3.8) is 0 Å². The van der Waals surface area contributed by atoms with Crippen LogP contribution >= 0.6 is 0 Å². The summed E-state index contributed by atoms with van der Waals surface area (Å²) in [6.45, 7) is 0.277. The molecule has 0 saturated carbocycles. The number of hydrogen-bond donors (Lipinski definition) is 2. The minimum absolute atomic E-state index is 0.238. The Kier molecular flexibility index (Phi) is 4.85. The fourth-order valence-corrected chi connectivity index (χ4v) is 1.93. The summed E-state index contributed by atoms with van der Waals surface area (Å²) < 4.78 is 13.0. The normalized spacial score (nSPS) is 11.9. The first-order valence-corrected chi connectivity index (χ1v) is 6.47. The van der Waals surface area contributed by atoms with E-state index in [1.54, 1.807) is 12.1 Å². The molecule has 1 amide bonds. The zero-order chi connectivity index (χ0) is 14.4. The van der Waals surface area contributed by atoms with Crippen molar-refractivity contribution in [2.75, 3.05) is 0 Å². The molecular weight excluding hydrogens is 255 g/mol. The molecule has 0 bridgehead atoms. The highest BCUT2D eigenvalue weighted by Crippen LogP contribution is 2.04. The number of amides is 1. The smallest absolute Gasteiger partial charge is 0.237 e. The van der Waals surface area contributed by atoms with Gasteiger partial charge in [0.15, 0.2) is 0 Å². The standard InChI is InChI=1S/C16H17FN2O/c17-14-8-4-7-13(9-14)11-19-16(20)15(18)10-12-5-2-1-3-6-12/h1-9,15H,10-11,18H2,(H,19,20)/t15-/m1/s1. The second-order valence-electron chi connectivity index (χ2n) is 4.64. The van der Waals surface area contributed by atoms with Crippen LogP contribution in [-0.2, 0) is 17.8 Å². The number of nitrogens with two attached hydrogens (primary N) is 1. The van der Waals surface area contributed by atoms with Crippen molar-refractivity contribution < 1.29 is 9.18 Å². The Morgan fingerprint density at radius 3 is 2.50 bits per heavy atom. The second-order valence-corrected chi connectivity index (χ2v) is 4.64. The third kappa shape index (κ3) is 4.17. The lowest BCUT2D eigenvalue weighted by atomic mass is 10.1. The summed E-state index contributed by atoms with van der Waals surface area (Å²) in [5, 5.41) is 2.72. The summed E-state index contributed by atoms with van der Waals surface area (Å²) in [5.41, 5.74) is 7.59. The highest BCUT2D eigenvalue weighted by Gasteiger charge is 2.13. The topological polar surface area (TPSA) is 55.1 Å². The molecule has 0 aliphatic rings. The number of nitrogens with one attached hydrogen (secondary N) is 1. The first-order valence-electron chi connectivity index (χ1n) is 6.47. The fourth-order valence-electron chi connectivity index (χ4n) is 1.93. The molecule has 0 saturated heterocycles. The van der Waals surface area contributed by atoms with E-state index in [0.717, 1.165) is 5.56 Å². The maximum Gasteiger partial charge on any atom is 0.237 e. The van der Waals surface area contributed by atoms with Gasteiger partial charge in [0, 0.05) is 6.54 Å². The number of carbonyl (C=O) groups excluding carboxylic acids is 1. The Morgan fingerprint density at radius 2 is 1.80 bits per heavy atom. The third-order valence-corrected chi connectivity index (χ3v) is 2.99. The number of carbonyl (C=O) groups is 1. The summed E-state index contributed by atoms with van der Waals surface area (Å²) in [5.74, 6) is -0.552. The molecule has 0 aromatic heterocycles. The number of rotatable bonds is 5. The van der Waals surface area contributed by atoms with Gasteiger partial charge in [0.2, 0.25) is 5.91 Å². The lowest BCUT2D eigenvalue weighted by Crippen LogP contribution is -2.41. The molecule has 0 fully saturated rings. The summed E-state index contributed by atoms with van der Waals surface area (Å²) in [6.07, 6.45) is 0.482. The van der Waals surface area contributed by atoms with E-state index in [1.165, 1.54) is 12.1 Å². The maximum atomic E-state index is 13.0. The molecule has 20 heavy (non-hydrogen) atoms. The second kappa shape index (κ2) is 6.82. The van der Waals surface area contributed by atoms with E-state index in [0.29, 0.717) is 12.0 Å². The Bertz CT molecular complexity index is 572. The van der Waals surface area contributed by atoms with E-state index in [4.69, 9.17) is 5.73 Å². The average Bonchev–Trinajstić information content (AvgIpc) is 2.46. The average molecular weight is 272 g/mol. The molecule has 104 valence electrons. The Hall–Kier alpha value is -2.20. The van der Waals surface area contributed by atoms with Gasteiger partial charge in [-0.1, -0.05) is 42.5 Å². The van der Waals surface area contributed by atoms with Crippen LogP contribution in [0.4, 0.5) is 4.39 Å². The quantitative estimate of drug-likeness (QED) is 0.875. The molecular formula is C16H17FN2O. The van der Waals surface area contributed by atoms with E-state index in [1.807, 2.05) is 30.3 Å². The van der Waals surface area contributed by atoms with Gasteiger partial charge < -0.3 is 11.1 Å². The summed E-state index contributed by atoms with van der Waals surface area (Å²) in [6, 6.07) is 15.1. The molecule has 0 heterocycles. The minimum Gasteiger partial charge on any atom is -0.351 e. The van der Waals surface area contributed by atoms with Crippen LogP contribution in [0.25, 0.3) is 0 Å². The lowest BCUT2D eigenvalue weighted by molar-refractivity contribution is -0.122. The molecule has 0 aliphatic carbocycles. The van der Waals surface area contributed by atoms with E-state index in [9.17, 15) is 9.18 Å². The fraction of sp³-hybridized carbons (Fsp3) is 0.188. The SMILES string of the molecule is N[C@H](Cc1ccccc1)C(=O)NCc1cccc(F)c1. The minimum atomic E-state index is -0.606. The zero-order valence-corrected chi connectivity index (χ0v) is 11.1. The van der Waals surface area contributed by atoms with E-state index in [-0.39, 0.29) is 18.3 Å². The Morgan fingerprint density at radius 1 is 1.10 bits per heavy atom. The Balaban J connectivity index is 1.85. The van der Waals surface area contributed by atoms with Crippen LogP contribution < -0.4 is 11.1 Å². The van der Waals surface area contributed by atoms with Crippen molar-refractivity contribution in [2.45, 2.75) is 19.0 Å². The molecule has 2 rings (SSSR count). The molecule has 2 aromatic carbocycles. The van der Waals surface area contributed by atoms with Crippen LogP contribution in [-0.4, -0.2) is 11.9 Å². The van der Waals surface area contributed by atoms with E-state index >= 15 is 0 Å². The summed E-state index contributed by atoms with van der Waals surface area (Å²) >= 11 is 0. The summed E-state index contributed by atoms with van der Waals surface area (Å²) in [7, 11) is 0. The van der Waals surface area contributed by atoms with Crippen LogP contribution in [0, 0.1) is 5.82 Å². The molecule has 0 radical (unpaired) electrons. The Labute approximate surface area is 117 Å². The summed E-state index contributed by atoms with van der Waals surface area (Å²) in [4.78, 5) is 11.9. The first-order chi connectivity index (χ1) is 9.65. The maximum absolute atomic E-state index is 13.0. The van der Waals surface area contributed by atoms with Gasteiger partial charge >= 0.3 is 0 Å². The van der Waals surface area contributed by atoms with E-state index in [2.05, 4.69) is 5.32 Å². The highest BCUT2D eigenvalue weighted by atomic mass is 19.1. The van der Waals surface area contributed by atoms with Gasteiger partial charge in [0.1, 0.15) is 5.82 Å². The van der Waals surface area contributed by atoms with Gasteiger partial charge in [-0.05, 0) is 29.7 Å². The largest absolute Gasteiger partial charge is 0.351 e. The monoisotopic (exact) mass is 272 g/mol. The predicted molar refractivity (Wildman–Crippen MR) is 76.4 cm³/mol. The van der Waals surface area contributed by atoms with Crippen molar-refractivity contribution in [1.29, 1.82) is 0 Å². The van der Waals surface area contributed by atoms with Gasteiger partial charge in [-0.15, -0.1) is 0 Å². The van der Waals surface area contributed by atoms with Crippen molar-refractivity contribution in [1.82, 2.24) is 5.32 Å². The first kappa shape index (κ1) is 14.2. The van der Waals surface area contributed by atoms with E-state index < -0.39 is 6.04 Å². The van der Waals surface area contributed by atoms with Crippen LogP contribution in [0.15, 0.2) is 54.6 Å². The van der Waals surface area contributed by atoms with Crippen LogP contribution in [0.1, 0.15) is 11.1 Å². The highest BCUT2D eigenvalue weighted by molar-refractivity contribution is 5.81. The van der Waals surface area contributed by atoms with Crippen molar-refractivity contribution in [2.24, 2.45) is 5.73 Å². The van der Waals surface area contributed by atoms with Crippen LogP contribution in [0.3, 0.4) is 0 Å². The zero-order valence-electron chi connectivity index (χ0n) is 11.1. The van der Waals surface area contributed by atoms with Crippen molar-refractivity contribution >= 4 is 5.91 Å². The molecule has 2 aromatic rings. The van der Waals surface area contributed by atoms with Crippen molar-refractivity contribution in [3.05, 3.63) is 71.5 Å². The molecule has 4 heteroatoms. The van der Waals surface area contributed by atoms with Gasteiger partial charge in [0.05, 0.1) is 6.04 Å². The van der Waals surface area contributed by atoms with Gasteiger partial charge in [-0.2, -0.15) is 0 Å². The molecule has 3 N–H and O–H groups in total. The molecule has 0 spiro atoms. The van der Waals surface area contributed by atoms with Crippen LogP contribution in [0.5, 0.6) is 0 Å². The lowest BCUT2D eigenvalue weighted by Gasteiger charge is -2.12. The predicted octanol–water partition coefficient (Wildman–Crippen LogP) is 2.01. The molecule has 0 unspecified atom stereocenters. The number of benzene rings is 2. The molecule has 1 atom stereocenters. The van der Waals surface area contributed by atoms with Gasteiger partial charge in [-0.25, -0.2) is 4.39 Å². The number of halogens is 1. The molecule has 0 aliphatic heterocycles. The van der Waals surface area contributed by atoms with Crippen LogP contribution in [0.2, 0.25) is 0 Å². The third-order valence-electron chi connectivity index (χ3n) is 2.99.